The lowest BCUT2D eigenvalue weighted by Gasteiger charge is -2.32. The Morgan fingerprint density at radius 1 is 1.43 bits per heavy atom. The number of likely N-dealkylation sites (tertiary alicyclic amines) is 1. The quantitative estimate of drug-likeness (QED) is 0.922. The summed E-state index contributed by atoms with van der Waals surface area (Å²) in [6, 6.07) is 5.83. The lowest BCUT2D eigenvalue weighted by molar-refractivity contribution is 0.0927. The van der Waals surface area contributed by atoms with E-state index in [-0.39, 0.29) is 5.91 Å². The van der Waals surface area contributed by atoms with Crippen LogP contribution in [0.3, 0.4) is 0 Å². The Balaban J connectivity index is 1.50. The highest BCUT2D eigenvalue weighted by atomic mass is 16.3. The smallest absolute Gasteiger partial charge is 0.253 e. The first-order valence-corrected chi connectivity index (χ1v) is 8.28. The van der Waals surface area contributed by atoms with Gasteiger partial charge in [-0.1, -0.05) is 0 Å². The van der Waals surface area contributed by atoms with E-state index in [1.165, 1.54) is 12.8 Å². The molecule has 1 aliphatic rings. The predicted molar refractivity (Wildman–Crippen MR) is 89.2 cm³/mol. The van der Waals surface area contributed by atoms with Crippen molar-refractivity contribution in [2.45, 2.75) is 26.3 Å². The van der Waals surface area contributed by atoms with Crippen molar-refractivity contribution in [3.8, 4) is 0 Å². The molecule has 2 aromatic rings. The summed E-state index contributed by atoms with van der Waals surface area (Å²) in [5, 5.41) is 3.10. The molecule has 2 aromatic heterocycles. The minimum Gasteiger partial charge on any atom is -0.468 e. The van der Waals surface area contributed by atoms with Crippen molar-refractivity contribution in [2.75, 3.05) is 19.6 Å². The number of hydrogen-bond acceptors (Lipinski definition) is 3. The van der Waals surface area contributed by atoms with E-state index in [1.54, 1.807) is 6.26 Å². The summed E-state index contributed by atoms with van der Waals surface area (Å²) in [4.78, 5) is 14.7. The fourth-order valence-electron chi connectivity index (χ4n) is 3.27. The van der Waals surface area contributed by atoms with Gasteiger partial charge in [-0.25, -0.2) is 0 Å². The summed E-state index contributed by atoms with van der Waals surface area (Å²) in [5.41, 5.74) is 1.78. The van der Waals surface area contributed by atoms with Gasteiger partial charge in [0.05, 0.1) is 18.4 Å². The molecule has 1 aliphatic heterocycles. The molecule has 23 heavy (non-hydrogen) atoms. The molecule has 3 rings (SSSR count). The molecule has 1 atom stereocenters. The van der Waals surface area contributed by atoms with Crippen LogP contribution in [-0.4, -0.2) is 35.0 Å². The van der Waals surface area contributed by atoms with Crippen molar-refractivity contribution in [1.82, 2.24) is 14.8 Å². The summed E-state index contributed by atoms with van der Waals surface area (Å²) < 4.78 is 7.40. The number of hydrogen-bond donors (Lipinski definition) is 1. The van der Waals surface area contributed by atoms with Crippen molar-refractivity contribution < 1.29 is 9.21 Å². The molecule has 0 saturated carbocycles. The van der Waals surface area contributed by atoms with Crippen molar-refractivity contribution >= 4 is 5.91 Å². The number of furan rings is 1. The molecule has 0 bridgehead atoms. The summed E-state index contributed by atoms with van der Waals surface area (Å²) in [7, 11) is 1.96. The summed E-state index contributed by atoms with van der Waals surface area (Å²) in [5.74, 6) is 1.55. The highest BCUT2D eigenvalue weighted by Gasteiger charge is 2.21. The SMILES string of the molecule is Cc1c(C(=O)NC[C@@H]2CCCN(Cc3ccco3)C2)ccn1C. The maximum absolute atomic E-state index is 12.3. The first-order valence-electron chi connectivity index (χ1n) is 8.28. The largest absolute Gasteiger partial charge is 0.468 e. The molecule has 5 heteroatoms. The second-order valence-corrected chi connectivity index (χ2v) is 6.46. The lowest BCUT2D eigenvalue weighted by atomic mass is 9.97. The van der Waals surface area contributed by atoms with E-state index < -0.39 is 0 Å². The minimum atomic E-state index is 0.0336. The second-order valence-electron chi connectivity index (χ2n) is 6.46. The van der Waals surface area contributed by atoms with Crippen LogP contribution in [0, 0.1) is 12.8 Å². The predicted octanol–water partition coefficient (Wildman–Crippen LogP) is 2.57. The van der Waals surface area contributed by atoms with E-state index in [2.05, 4.69) is 10.2 Å². The van der Waals surface area contributed by atoms with Crippen LogP contribution in [0.5, 0.6) is 0 Å². The molecule has 0 aromatic carbocycles. The second kappa shape index (κ2) is 7.04. The number of amides is 1. The summed E-state index contributed by atoms with van der Waals surface area (Å²) in [6.07, 6.45) is 5.99. The number of nitrogens with one attached hydrogen (secondary N) is 1. The Kier molecular flexibility index (Phi) is 4.86. The molecule has 1 amide bonds. The lowest BCUT2D eigenvalue weighted by Crippen LogP contribution is -2.40. The van der Waals surface area contributed by atoms with Crippen LogP contribution in [0.25, 0.3) is 0 Å². The van der Waals surface area contributed by atoms with Crippen molar-refractivity contribution in [3.05, 3.63) is 47.7 Å². The van der Waals surface area contributed by atoms with Gasteiger partial charge in [-0.2, -0.15) is 0 Å². The van der Waals surface area contributed by atoms with E-state index in [1.807, 2.05) is 42.9 Å². The Bertz CT molecular complexity index is 645. The van der Waals surface area contributed by atoms with Crippen LogP contribution in [-0.2, 0) is 13.6 Å². The molecule has 0 aliphatic carbocycles. The fourth-order valence-corrected chi connectivity index (χ4v) is 3.27. The Morgan fingerprint density at radius 3 is 3.00 bits per heavy atom. The highest BCUT2D eigenvalue weighted by molar-refractivity contribution is 5.95. The van der Waals surface area contributed by atoms with E-state index in [9.17, 15) is 4.79 Å². The first kappa shape index (κ1) is 15.9. The molecule has 3 heterocycles. The molecule has 124 valence electrons. The molecular weight excluding hydrogens is 290 g/mol. The van der Waals surface area contributed by atoms with Crippen LogP contribution in [0.2, 0.25) is 0 Å². The molecule has 1 saturated heterocycles. The average Bonchev–Trinajstić information content (AvgIpc) is 3.17. The Hall–Kier alpha value is -2.01. The number of nitrogens with zero attached hydrogens (tertiary/aromatic N) is 2. The van der Waals surface area contributed by atoms with Crippen molar-refractivity contribution in [2.24, 2.45) is 13.0 Å². The van der Waals surface area contributed by atoms with Crippen LogP contribution in [0.1, 0.15) is 34.7 Å². The standard InChI is InChI=1S/C18H25N3O2/c1-14-17(7-9-20(14)2)18(22)19-11-15-5-3-8-21(12-15)13-16-6-4-10-23-16/h4,6-7,9-10,15H,3,5,8,11-13H2,1-2H3,(H,19,22)/t15-/m0/s1. The van der Waals surface area contributed by atoms with Gasteiger partial charge in [0.25, 0.3) is 5.91 Å². The Labute approximate surface area is 137 Å². The third-order valence-corrected chi connectivity index (χ3v) is 4.74. The van der Waals surface area contributed by atoms with E-state index >= 15 is 0 Å². The topological polar surface area (TPSA) is 50.4 Å². The zero-order valence-electron chi connectivity index (χ0n) is 13.9. The van der Waals surface area contributed by atoms with Crippen molar-refractivity contribution in [3.63, 3.8) is 0 Å². The third kappa shape index (κ3) is 3.85. The fraction of sp³-hybridized carbons (Fsp3) is 0.500. The van der Waals surface area contributed by atoms with E-state index in [4.69, 9.17) is 4.42 Å². The zero-order valence-corrected chi connectivity index (χ0v) is 13.9. The maximum Gasteiger partial charge on any atom is 0.253 e. The number of piperidine rings is 1. The summed E-state index contributed by atoms with van der Waals surface area (Å²) in [6.45, 7) is 5.68. The monoisotopic (exact) mass is 315 g/mol. The average molecular weight is 315 g/mol. The van der Waals surface area contributed by atoms with Gasteiger partial charge in [0.15, 0.2) is 0 Å². The third-order valence-electron chi connectivity index (χ3n) is 4.74. The molecular formula is C18H25N3O2. The normalized spacial score (nSPS) is 19.0. The minimum absolute atomic E-state index is 0.0336. The number of carbonyl (C=O) groups excluding carboxylic acids is 1. The van der Waals surface area contributed by atoms with Gasteiger partial charge in [-0.15, -0.1) is 0 Å². The van der Waals surface area contributed by atoms with Gasteiger partial charge < -0.3 is 14.3 Å². The molecule has 1 N–H and O–H groups in total. The molecule has 0 unspecified atom stereocenters. The highest BCUT2D eigenvalue weighted by Crippen LogP contribution is 2.18. The first-order chi connectivity index (χ1) is 11.1. The van der Waals surface area contributed by atoms with Gasteiger partial charge in [-0.05, 0) is 50.4 Å². The number of aryl methyl sites for hydroxylation is 1. The van der Waals surface area contributed by atoms with E-state index in [0.717, 1.165) is 43.2 Å². The van der Waals surface area contributed by atoms with Gasteiger partial charge in [-0.3, -0.25) is 9.69 Å². The van der Waals surface area contributed by atoms with Crippen LogP contribution >= 0.6 is 0 Å². The molecule has 0 radical (unpaired) electrons. The van der Waals surface area contributed by atoms with Crippen molar-refractivity contribution in [1.29, 1.82) is 0 Å². The van der Waals surface area contributed by atoms with Crippen LogP contribution in [0.4, 0.5) is 0 Å². The molecule has 5 nitrogen and oxygen atoms in total. The zero-order chi connectivity index (χ0) is 16.2. The van der Waals surface area contributed by atoms with Crippen LogP contribution in [0.15, 0.2) is 35.1 Å². The van der Waals surface area contributed by atoms with Gasteiger partial charge in [0, 0.05) is 32.0 Å². The maximum atomic E-state index is 12.3. The molecule has 0 spiro atoms. The van der Waals surface area contributed by atoms with E-state index in [0.29, 0.717) is 5.92 Å². The number of rotatable bonds is 5. The van der Waals surface area contributed by atoms with Crippen LogP contribution < -0.4 is 5.32 Å². The van der Waals surface area contributed by atoms with Gasteiger partial charge in [0.1, 0.15) is 5.76 Å². The number of carbonyl (C=O) groups is 1. The summed E-state index contributed by atoms with van der Waals surface area (Å²) >= 11 is 0. The van der Waals surface area contributed by atoms with Gasteiger partial charge >= 0.3 is 0 Å². The Morgan fingerprint density at radius 2 is 2.30 bits per heavy atom. The molecule has 1 fully saturated rings. The van der Waals surface area contributed by atoms with Gasteiger partial charge in [0.2, 0.25) is 0 Å². The number of aromatic nitrogens is 1.